The lowest BCUT2D eigenvalue weighted by molar-refractivity contribution is -0.148. The number of carbonyl (C=O) groups excluding carboxylic acids is 2. The SMILES string of the molecule is Cc1noc(COC(=O)[C@H](Cc2c[nH]c3ccccc23)NC(=O)c2cccs2)n1. The molecular formula is C20H18N4O4S. The highest BCUT2D eigenvalue weighted by Gasteiger charge is 2.25. The van der Waals surface area contributed by atoms with Gasteiger partial charge in [0.1, 0.15) is 6.04 Å². The van der Waals surface area contributed by atoms with Crippen LogP contribution < -0.4 is 5.32 Å². The van der Waals surface area contributed by atoms with Gasteiger partial charge in [0.25, 0.3) is 11.8 Å². The topological polar surface area (TPSA) is 110 Å². The Labute approximate surface area is 169 Å². The average molecular weight is 410 g/mol. The molecular weight excluding hydrogens is 392 g/mol. The van der Waals surface area contributed by atoms with Crippen LogP contribution in [-0.4, -0.2) is 33.0 Å². The first-order valence-corrected chi connectivity index (χ1v) is 9.83. The molecule has 0 unspecified atom stereocenters. The number of aromatic nitrogens is 3. The Hall–Kier alpha value is -3.46. The van der Waals surface area contributed by atoms with Crippen LogP contribution in [0.1, 0.15) is 27.0 Å². The Morgan fingerprint density at radius 3 is 2.90 bits per heavy atom. The summed E-state index contributed by atoms with van der Waals surface area (Å²) in [6, 6.07) is 10.4. The van der Waals surface area contributed by atoms with E-state index in [9.17, 15) is 9.59 Å². The monoisotopic (exact) mass is 410 g/mol. The van der Waals surface area contributed by atoms with E-state index in [0.717, 1.165) is 16.5 Å². The number of rotatable bonds is 7. The molecule has 148 valence electrons. The lowest BCUT2D eigenvalue weighted by Gasteiger charge is -2.16. The number of hydrogen-bond donors (Lipinski definition) is 2. The summed E-state index contributed by atoms with van der Waals surface area (Å²) in [7, 11) is 0. The van der Waals surface area contributed by atoms with Crippen LogP contribution >= 0.6 is 11.3 Å². The van der Waals surface area contributed by atoms with E-state index in [4.69, 9.17) is 9.26 Å². The fraction of sp³-hybridized carbons (Fsp3) is 0.200. The molecule has 0 bridgehead atoms. The van der Waals surface area contributed by atoms with Gasteiger partial charge in [-0.1, -0.05) is 29.4 Å². The van der Waals surface area contributed by atoms with Gasteiger partial charge in [-0.2, -0.15) is 4.98 Å². The summed E-state index contributed by atoms with van der Waals surface area (Å²) in [5, 5.41) is 9.24. The van der Waals surface area contributed by atoms with Gasteiger partial charge in [0.05, 0.1) is 4.88 Å². The van der Waals surface area contributed by atoms with E-state index >= 15 is 0 Å². The normalized spacial score (nSPS) is 12.0. The first-order chi connectivity index (χ1) is 14.1. The highest BCUT2D eigenvalue weighted by atomic mass is 32.1. The molecule has 0 saturated carbocycles. The fourth-order valence-electron chi connectivity index (χ4n) is 2.98. The molecule has 3 aromatic heterocycles. The van der Waals surface area contributed by atoms with Crippen molar-refractivity contribution in [3.63, 3.8) is 0 Å². The van der Waals surface area contributed by atoms with Gasteiger partial charge < -0.3 is 19.6 Å². The van der Waals surface area contributed by atoms with E-state index < -0.39 is 12.0 Å². The smallest absolute Gasteiger partial charge is 0.329 e. The number of esters is 1. The van der Waals surface area contributed by atoms with Crippen LogP contribution in [0.2, 0.25) is 0 Å². The lowest BCUT2D eigenvalue weighted by Crippen LogP contribution is -2.43. The van der Waals surface area contributed by atoms with Crippen molar-refractivity contribution in [1.29, 1.82) is 0 Å². The number of ether oxygens (including phenoxy) is 1. The zero-order chi connectivity index (χ0) is 20.2. The summed E-state index contributed by atoms with van der Waals surface area (Å²) < 4.78 is 10.3. The van der Waals surface area contributed by atoms with E-state index in [1.165, 1.54) is 11.3 Å². The molecule has 0 spiro atoms. The number of aryl methyl sites for hydroxylation is 1. The van der Waals surface area contributed by atoms with Crippen LogP contribution in [-0.2, 0) is 22.6 Å². The molecule has 4 rings (SSSR count). The molecule has 8 nitrogen and oxygen atoms in total. The molecule has 0 radical (unpaired) electrons. The number of para-hydroxylation sites is 1. The van der Waals surface area contributed by atoms with Crippen LogP contribution in [0.3, 0.4) is 0 Å². The molecule has 29 heavy (non-hydrogen) atoms. The first-order valence-electron chi connectivity index (χ1n) is 8.95. The minimum absolute atomic E-state index is 0.154. The Morgan fingerprint density at radius 2 is 2.14 bits per heavy atom. The predicted molar refractivity (Wildman–Crippen MR) is 106 cm³/mol. The lowest BCUT2D eigenvalue weighted by atomic mass is 10.0. The number of amides is 1. The van der Waals surface area contributed by atoms with Crippen molar-refractivity contribution >= 4 is 34.1 Å². The highest BCUT2D eigenvalue weighted by Crippen LogP contribution is 2.20. The highest BCUT2D eigenvalue weighted by molar-refractivity contribution is 7.12. The summed E-state index contributed by atoms with van der Waals surface area (Å²) in [5.41, 5.74) is 1.86. The quantitative estimate of drug-likeness (QED) is 0.453. The molecule has 0 fully saturated rings. The van der Waals surface area contributed by atoms with E-state index in [2.05, 4.69) is 20.4 Å². The largest absolute Gasteiger partial charge is 0.454 e. The fourth-order valence-corrected chi connectivity index (χ4v) is 3.61. The molecule has 0 aliphatic rings. The number of carbonyl (C=O) groups is 2. The second kappa shape index (κ2) is 8.27. The van der Waals surface area contributed by atoms with Gasteiger partial charge in [-0.05, 0) is 30.0 Å². The number of H-pyrrole nitrogens is 1. The van der Waals surface area contributed by atoms with Crippen molar-refractivity contribution in [2.75, 3.05) is 0 Å². The second-order valence-electron chi connectivity index (χ2n) is 6.41. The maximum absolute atomic E-state index is 12.8. The molecule has 1 atom stereocenters. The Balaban J connectivity index is 1.52. The van der Waals surface area contributed by atoms with Gasteiger partial charge in [-0.25, -0.2) is 4.79 Å². The number of nitrogens with one attached hydrogen (secondary N) is 2. The Kier molecular flexibility index (Phi) is 5.39. The molecule has 3 heterocycles. The predicted octanol–water partition coefficient (Wildman–Crippen LogP) is 3.01. The third-order valence-electron chi connectivity index (χ3n) is 4.34. The van der Waals surface area contributed by atoms with Gasteiger partial charge in [-0.3, -0.25) is 4.79 Å². The van der Waals surface area contributed by atoms with Crippen molar-refractivity contribution in [3.05, 3.63) is 70.1 Å². The van der Waals surface area contributed by atoms with E-state index in [1.807, 2.05) is 30.5 Å². The summed E-state index contributed by atoms with van der Waals surface area (Å²) >= 11 is 1.30. The second-order valence-corrected chi connectivity index (χ2v) is 7.36. The summed E-state index contributed by atoms with van der Waals surface area (Å²) in [5.74, 6) is -0.241. The van der Waals surface area contributed by atoms with Crippen molar-refractivity contribution in [2.45, 2.75) is 26.0 Å². The molecule has 0 aliphatic heterocycles. The van der Waals surface area contributed by atoms with Crippen LogP contribution in [0.5, 0.6) is 0 Å². The maximum atomic E-state index is 12.8. The third kappa shape index (κ3) is 4.35. The van der Waals surface area contributed by atoms with Crippen LogP contribution in [0.25, 0.3) is 10.9 Å². The molecule has 1 amide bonds. The zero-order valence-corrected chi connectivity index (χ0v) is 16.4. The number of thiophene rings is 1. The molecule has 4 aromatic rings. The Morgan fingerprint density at radius 1 is 1.28 bits per heavy atom. The maximum Gasteiger partial charge on any atom is 0.329 e. The summed E-state index contributed by atoms with van der Waals surface area (Å²) in [6.45, 7) is 1.52. The molecule has 9 heteroatoms. The van der Waals surface area contributed by atoms with E-state index in [0.29, 0.717) is 10.7 Å². The average Bonchev–Trinajstić information content (AvgIpc) is 3.47. The molecule has 0 saturated heterocycles. The number of aromatic amines is 1. The van der Waals surface area contributed by atoms with Gasteiger partial charge in [-0.15, -0.1) is 11.3 Å². The number of benzene rings is 1. The van der Waals surface area contributed by atoms with Crippen LogP contribution in [0, 0.1) is 6.92 Å². The molecule has 0 aliphatic carbocycles. The first kappa shape index (κ1) is 18.9. The zero-order valence-electron chi connectivity index (χ0n) is 15.5. The van der Waals surface area contributed by atoms with Crippen molar-refractivity contribution in [3.8, 4) is 0 Å². The van der Waals surface area contributed by atoms with Gasteiger partial charge >= 0.3 is 5.97 Å². The standard InChI is InChI=1S/C20H18N4O4S/c1-12-22-18(28-24-12)11-27-20(26)16(23-19(25)17-7-4-8-29-17)9-13-10-21-15-6-3-2-5-14(13)15/h2-8,10,16,21H,9,11H2,1H3,(H,23,25)/t16-/m0/s1. The molecule has 1 aromatic carbocycles. The molecule has 2 N–H and O–H groups in total. The summed E-state index contributed by atoms with van der Waals surface area (Å²) in [6.07, 6.45) is 2.12. The number of fused-ring (bicyclic) bond motifs is 1. The van der Waals surface area contributed by atoms with Crippen LogP contribution in [0.4, 0.5) is 0 Å². The van der Waals surface area contributed by atoms with E-state index in [1.54, 1.807) is 24.4 Å². The minimum atomic E-state index is -0.868. The van der Waals surface area contributed by atoms with E-state index in [-0.39, 0.29) is 24.8 Å². The Bertz CT molecular complexity index is 1130. The van der Waals surface area contributed by atoms with Gasteiger partial charge in [0.15, 0.2) is 12.4 Å². The van der Waals surface area contributed by atoms with Gasteiger partial charge in [0.2, 0.25) is 0 Å². The number of nitrogens with zero attached hydrogens (tertiary/aromatic N) is 2. The number of hydrogen-bond acceptors (Lipinski definition) is 7. The third-order valence-corrected chi connectivity index (χ3v) is 5.21. The summed E-state index contributed by atoms with van der Waals surface area (Å²) in [4.78, 5) is 33.0. The van der Waals surface area contributed by atoms with Crippen molar-refractivity contribution in [1.82, 2.24) is 20.4 Å². The minimum Gasteiger partial charge on any atom is -0.454 e. The van der Waals surface area contributed by atoms with Crippen LogP contribution in [0.15, 0.2) is 52.5 Å². The van der Waals surface area contributed by atoms with Gasteiger partial charge in [0, 0.05) is 23.5 Å². The van der Waals surface area contributed by atoms with Crippen molar-refractivity contribution in [2.24, 2.45) is 0 Å². The van der Waals surface area contributed by atoms with Crippen molar-refractivity contribution < 1.29 is 18.8 Å².